The van der Waals surface area contributed by atoms with Gasteiger partial charge in [0, 0.05) is 18.6 Å². The molecule has 1 heterocycles. The molecule has 2 nitrogen and oxygen atoms in total. The number of benzene rings is 1. The molecule has 1 N–H and O–H groups in total. The Morgan fingerprint density at radius 3 is 1.85 bits per heavy atom. The molecule has 0 aliphatic rings. The van der Waals surface area contributed by atoms with Crippen LogP contribution in [0.1, 0.15) is 96.8 Å². The molecule has 1 aromatic heterocycles. The summed E-state index contributed by atoms with van der Waals surface area (Å²) in [5.41, 5.74) is 1.21. The number of aryl methyl sites for hydroxylation is 1. The van der Waals surface area contributed by atoms with Gasteiger partial charge in [0.1, 0.15) is 12.3 Å². The van der Waals surface area contributed by atoms with E-state index in [9.17, 15) is 5.11 Å². The van der Waals surface area contributed by atoms with E-state index in [2.05, 4.69) is 29.8 Å². The second-order valence-corrected chi connectivity index (χ2v) is 8.04. The van der Waals surface area contributed by atoms with Crippen molar-refractivity contribution >= 4 is 10.9 Å². The summed E-state index contributed by atoms with van der Waals surface area (Å²) < 4.78 is 2.31. The average Bonchev–Trinajstić information content (AvgIpc) is 2.68. The zero-order chi connectivity index (χ0) is 19.2. The van der Waals surface area contributed by atoms with E-state index in [1.54, 1.807) is 6.07 Å². The van der Waals surface area contributed by atoms with Gasteiger partial charge >= 0.3 is 0 Å². The summed E-state index contributed by atoms with van der Waals surface area (Å²) >= 11 is 0. The molecular weight excluding hydrogens is 330 g/mol. The highest BCUT2D eigenvalue weighted by atomic mass is 16.3. The molecule has 0 saturated carbocycles. The number of aromatic nitrogens is 1. The molecule has 0 fully saturated rings. The second kappa shape index (κ2) is 13.6. The molecule has 0 saturated heterocycles. The minimum atomic E-state index is 0.344. The van der Waals surface area contributed by atoms with Crippen LogP contribution in [0, 0.1) is 0 Å². The number of hydrogen-bond acceptors (Lipinski definition) is 1. The lowest BCUT2D eigenvalue weighted by Gasteiger charge is -2.04. The number of nitrogens with zero attached hydrogens (tertiary/aromatic N) is 1. The van der Waals surface area contributed by atoms with Gasteiger partial charge in [0.05, 0.1) is 5.39 Å². The molecule has 0 aliphatic carbocycles. The first-order chi connectivity index (χ1) is 13.3. The van der Waals surface area contributed by atoms with Gasteiger partial charge in [0.2, 0.25) is 5.52 Å². The molecule has 150 valence electrons. The zero-order valence-electron chi connectivity index (χ0n) is 17.5. The lowest BCUT2D eigenvalue weighted by molar-refractivity contribution is -0.671. The summed E-state index contributed by atoms with van der Waals surface area (Å²) in [6.45, 7) is 3.36. The molecule has 2 rings (SSSR count). The van der Waals surface area contributed by atoms with Crippen molar-refractivity contribution in [1.29, 1.82) is 0 Å². The van der Waals surface area contributed by atoms with E-state index >= 15 is 0 Å². The third-order valence-corrected chi connectivity index (χ3v) is 5.61. The average molecular weight is 371 g/mol. The van der Waals surface area contributed by atoms with Crippen molar-refractivity contribution in [2.75, 3.05) is 0 Å². The molecule has 1 aromatic carbocycles. The quantitative estimate of drug-likeness (QED) is 0.258. The number of hydrogen-bond donors (Lipinski definition) is 1. The molecule has 0 bridgehead atoms. The van der Waals surface area contributed by atoms with Crippen LogP contribution in [-0.4, -0.2) is 5.11 Å². The molecule has 2 aromatic rings. The highest BCUT2D eigenvalue weighted by Crippen LogP contribution is 2.17. The Balaban J connectivity index is 1.46. The zero-order valence-corrected chi connectivity index (χ0v) is 17.5. The third kappa shape index (κ3) is 8.77. The summed E-state index contributed by atoms with van der Waals surface area (Å²) in [7, 11) is 0. The van der Waals surface area contributed by atoms with Gasteiger partial charge in [-0.2, -0.15) is 4.57 Å². The van der Waals surface area contributed by atoms with Crippen molar-refractivity contribution in [3.05, 3.63) is 36.5 Å². The summed E-state index contributed by atoms with van der Waals surface area (Å²) in [5.74, 6) is 0.344. The van der Waals surface area contributed by atoms with E-state index in [4.69, 9.17) is 0 Å². The summed E-state index contributed by atoms with van der Waals surface area (Å²) in [6.07, 6.45) is 21.7. The van der Waals surface area contributed by atoms with Crippen molar-refractivity contribution in [2.24, 2.45) is 0 Å². The Morgan fingerprint density at radius 1 is 0.704 bits per heavy atom. The maximum absolute atomic E-state index is 9.62. The minimum absolute atomic E-state index is 0.344. The van der Waals surface area contributed by atoms with E-state index in [1.165, 1.54) is 95.4 Å². The van der Waals surface area contributed by atoms with Crippen LogP contribution in [-0.2, 0) is 6.54 Å². The van der Waals surface area contributed by atoms with Crippen LogP contribution in [0.4, 0.5) is 0 Å². The SMILES string of the molecule is CCCCCCCCCCCCCCCC[n+]1cccc2cc(O)ccc21. The molecule has 27 heavy (non-hydrogen) atoms. The fourth-order valence-corrected chi connectivity index (χ4v) is 3.94. The molecule has 0 radical (unpaired) electrons. The molecule has 0 spiro atoms. The fourth-order valence-electron chi connectivity index (χ4n) is 3.94. The van der Waals surface area contributed by atoms with E-state index in [0.29, 0.717) is 5.75 Å². The maximum Gasteiger partial charge on any atom is 0.212 e. The predicted molar refractivity (Wildman–Crippen MR) is 116 cm³/mol. The lowest BCUT2D eigenvalue weighted by atomic mass is 10.0. The summed E-state index contributed by atoms with van der Waals surface area (Å²) in [4.78, 5) is 0. The molecule has 0 aliphatic heterocycles. The largest absolute Gasteiger partial charge is 0.508 e. The number of phenols is 1. The van der Waals surface area contributed by atoms with Crippen LogP contribution < -0.4 is 4.57 Å². The Morgan fingerprint density at radius 2 is 1.26 bits per heavy atom. The van der Waals surface area contributed by atoms with Gasteiger partial charge in [-0.15, -0.1) is 0 Å². The third-order valence-electron chi connectivity index (χ3n) is 5.61. The van der Waals surface area contributed by atoms with Crippen LogP contribution in [0.3, 0.4) is 0 Å². The van der Waals surface area contributed by atoms with Gasteiger partial charge in [-0.25, -0.2) is 0 Å². The van der Waals surface area contributed by atoms with Crippen molar-refractivity contribution in [3.8, 4) is 5.75 Å². The van der Waals surface area contributed by atoms with Gasteiger partial charge in [0.25, 0.3) is 0 Å². The fraction of sp³-hybridized carbons (Fsp3) is 0.640. The monoisotopic (exact) mass is 370 g/mol. The number of unbranched alkanes of at least 4 members (excludes halogenated alkanes) is 13. The molecule has 2 heteroatoms. The Bertz CT molecular complexity index is 637. The van der Waals surface area contributed by atoms with Gasteiger partial charge < -0.3 is 5.11 Å². The number of aromatic hydroxyl groups is 1. The van der Waals surface area contributed by atoms with Crippen molar-refractivity contribution < 1.29 is 9.67 Å². The highest BCUT2D eigenvalue weighted by molar-refractivity contribution is 5.76. The maximum atomic E-state index is 9.62. The van der Waals surface area contributed by atoms with E-state index in [0.717, 1.165) is 11.9 Å². The van der Waals surface area contributed by atoms with Crippen LogP contribution in [0.2, 0.25) is 0 Å². The number of fused-ring (bicyclic) bond motifs is 1. The molecule has 0 amide bonds. The highest BCUT2D eigenvalue weighted by Gasteiger charge is 2.08. The Hall–Kier alpha value is -1.57. The molecular formula is C25H40NO+. The van der Waals surface area contributed by atoms with Gasteiger partial charge in [-0.1, -0.05) is 84.0 Å². The van der Waals surface area contributed by atoms with Crippen LogP contribution in [0.25, 0.3) is 10.9 Å². The van der Waals surface area contributed by atoms with Crippen molar-refractivity contribution in [2.45, 2.75) is 103 Å². The standard InChI is InChI=1S/C25H39NO/c1-2-3-4-5-6-7-8-9-10-11-12-13-14-15-20-26-21-16-17-23-22-24(27)18-19-25(23)26/h16-19,21-22H,2-15,20H2,1H3/p+1. The van der Waals surface area contributed by atoms with E-state index in [-0.39, 0.29) is 0 Å². The smallest absolute Gasteiger partial charge is 0.212 e. The Labute approximate surface area is 166 Å². The molecule has 0 unspecified atom stereocenters. The van der Waals surface area contributed by atoms with Crippen molar-refractivity contribution in [3.63, 3.8) is 0 Å². The lowest BCUT2D eigenvalue weighted by Crippen LogP contribution is -2.33. The van der Waals surface area contributed by atoms with E-state index < -0.39 is 0 Å². The van der Waals surface area contributed by atoms with Crippen molar-refractivity contribution in [1.82, 2.24) is 0 Å². The Kier molecular flexibility index (Phi) is 10.9. The van der Waals surface area contributed by atoms with E-state index in [1.807, 2.05) is 12.1 Å². The van der Waals surface area contributed by atoms with Gasteiger partial charge in [0.15, 0.2) is 6.20 Å². The second-order valence-electron chi connectivity index (χ2n) is 8.04. The minimum Gasteiger partial charge on any atom is -0.508 e. The summed E-state index contributed by atoms with van der Waals surface area (Å²) in [6, 6.07) is 9.79. The van der Waals surface area contributed by atoms with Crippen LogP contribution in [0.5, 0.6) is 5.75 Å². The topological polar surface area (TPSA) is 24.1 Å². The van der Waals surface area contributed by atoms with Gasteiger partial charge in [-0.3, -0.25) is 0 Å². The molecule has 0 atom stereocenters. The first-order valence-corrected chi connectivity index (χ1v) is 11.4. The number of rotatable bonds is 15. The normalized spacial score (nSPS) is 11.3. The number of pyridine rings is 1. The first-order valence-electron chi connectivity index (χ1n) is 11.4. The van der Waals surface area contributed by atoms with Crippen LogP contribution >= 0.6 is 0 Å². The van der Waals surface area contributed by atoms with Gasteiger partial charge in [-0.05, 0) is 24.6 Å². The predicted octanol–water partition coefficient (Wildman–Crippen LogP) is 7.31. The first kappa shape index (κ1) is 21.7. The summed E-state index contributed by atoms with van der Waals surface area (Å²) in [5, 5.41) is 10.7. The van der Waals surface area contributed by atoms with Crippen LogP contribution in [0.15, 0.2) is 36.5 Å². The number of phenolic OH excluding ortho intramolecular Hbond substituents is 1.